The van der Waals surface area contributed by atoms with Gasteiger partial charge in [0.2, 0.25) is 0 Å². The van der Waals surface area contributed by atoms with Crippen molar-refractivity contribution in [3.8, 4) is 0 Å². The number of carbonyl (C=O) groups excluding carboxylic acids is 1. The molecule has 3 N–H and O–H groups in total. The van der Waals surface area contributed by atoms with Gasteiger partial charge in [-0.3, -0.25) is 4.79 Å². The minimum Gasteiger partial charge on any atom is -0.388 e. The molecule has 1 aliphatic carbocycles. The van der Waals surface area contributed by atoms with Crippen LogP contribution in [0.2, 0.25) is 0 Å². The van der Waals surface area contributed by atoms with Gasteiger partial charge in [-0.15, -0.1) is 0 Å². The Hall–Kier alpha value is -0.650. The maximum atomic E-state index is 11.6. The summed E-state index contributed by atoms with van der Waals surface area (Å²) in [4.78, 5) is 11.6. The van der Waals surface area contributed by atoms with Crippen molar-refractivity contribution >= 4 is 5.91 Å². The van der Waals surface area contributed by atoms with Crippen LogP contribution in [0.25, 0.3) is 0 Å². The molecule has 0 aromatic heterocycles. The average molecular weight is 214 g/mol. The molecule has 1 saturated heterocycles. The summed E-state index contributed by atoms with van der Waals surface area (Å²) in [6.07, 6.45) is 2.23. The van der Waals surface area contributed by atoms with E-state index in [0.29, 0.717) is 19.7 Å². The van der Waals surface area contributed by atoms with Crippen molar-refractivity contribution in [1.29, 1.82) is 0 Å². The van der Waals surface area contributed by atoms with Crippen molar-refractivity contribution in [2.45, 2.75) is 31.0 Å². The third kappa shape index (κ3) is 2.68. The van der Waals surface area contributed by atoms with Gasteiger partial charge in [0.15, 0.2) is 0 Å². The maximum Gasteiger partial charge on any atom is 0.250 e. The van der Waals surface area contributed by atoms with Gasteiger partial charge in [0.1, 0.15) is 6.10 Å². The zero-order valence-corrected chi connectivity index (χ0v) is 8.79. The van der Waals surface area contributed by atoms with Gasteiger partial charge < -0.3 is 20.5 Å². The number of carbonyl (C=O) groups is 1. The predicted molar refractivity (Wildman–Crippen MR) is 54.4 cm³/mol. The van der Waals surface area contributed by atoms with Gasteiger partial charge in [-0.05, 0) is 19.3 Å². The largest absolute Gasteiger partial charge is 0.388 e. The highest BCUT2D eigenvalue weighted by molar-refractivity contribution is 5.81. The van der Waals surface area contributed by atoms with Crippen LogP contribution in [0, 0.1) is 0 Å². The van der Waals surface area contributed by atoms with Crippen LogP contribution < -0.4 is 10.6 Å². The van der Waals surface area contributed by atoms with Gasteiger partial charge in [-0.1, -0.05) is 0 Å². The fourth-order valence-electron chi connectivity index (χ4n) is 1.86. The minimum absolute atomic E-state index is 0.123. The zero-order chi connectivity index (χ0) is 10.7. The van der Waals surface area contributed by atoms with E-state index in [2.05, 4.69) is 10.6 Å². The Morgan fingerprint density at radius 3 is 2.93 bits per heavy atom. The molecule has 1 amide bonds. The van der Waals surface area contributed by atoms with Crippen LogP contribution in [0.4, 0.5) is 0 Å². The summed E-state index contributed by atoms with van der Waals surface area (Å²) >= 11 is 0. The molecule has 86 valence electrons. The summed E-state index contributed by atoms with van der Waals surface area (Å²) in [5.41, 5.74) is -0.655. The quantitative estimate of drug-likeness (QED) is 0.564. The predicted octanol–water partition coefficient (Wildman–Crippen LogP) is -0.994. The van der Waals surface area contributed by atoms with E-state index < -0.39 is 11.7 Å². The van der Waals surface area contributed by atoms with E-state index in [0.717, 1.165) is 25.8 Å². The first-order valence-corrected chi connectivity index (χ1v) is 5.52. The highest BCUT2D eigenvalue weighted by Gasteiger charge is 2.35. The second kappa shape index (κ2) is 4.47. The lowest BCUT2D eigenvalue weighted by Crippen LogP contribution is -2.53. The number of hydrogen-bond donors (Lipinski definition) is 3. The summed E-state index contributed by atoms with van der Waals surface area (Å²) in [7, 11) is 0. The van der Waals surface area contributed by atoms with Crippen molar-refractivity contribution < 1.29 is 14.6 Å². The molecule has 2 fully saturated rings. The van der Waals surface area contributed by atoms with E-state index in [-0.39, 0.29) is 5.91 Å². The van der Waals surface area contributed by atoms with Crippen molar-refractivity contribution in [1.82, 2.24) is 10.6 Å². The van der Waals surface area contributed by atoms with Gasteiger partial charge in [0.25, 0.3) is 5.91 Å². The number of morpholine rings is 1. The van der Waals surface area contributed by atoms with Crippen LogP contribution in [0.3, 0.4) is 0 Å². The molecule has 1 aliphatic heterocycles. The highest BCUT2D eigenvalue weighted by Crippen LogP contribution is 2.30. The van der Waals surface area contributed by atoms with Gasteiger partial charge >= 0.3 is 0 Å². The van der Waals surface area contributed by atoms with Crippen LogP contribution in [0.1, 0.15) is 19.3 Å². The number of rotatable bonds is 3. The standard InChI is InChI=1S/C10H18N2O3/c13-9(8-6-11-4-5-15-8)12-7-10(14)2-1-3-10/h8,11,14H,1-7H2,(H,12,13). The molecule has 1 unspecified atom stereocenters. The van der Waals surface area contributed by atoms with Crippen LogP contribution >= 0.6 is 0 Å². The summed E-state index contributed by atoms with van der Waals surface area (Å²) in [6, 6.07) is 0. The molecule has 1 atom stereocenters. The van der Waals surface area contributed by atoms with Crippen LogP contribution in [0.5, 0.6) is 0 Å². The van der Waals surface area contributed by atoms with Crippen molar-refractivity contribution in [2.24, 2.45) is 0 Å². The lowest BCUT2D eigenvalue weighted by Gasteiger charge is -2.37. The molecule has 5 heteroatoms. The smallest absolute Gasteiger partial charge is 0.250 e. The molecule has 5 nitrogen and oxygen atoms in total. The first-order valence-electron chi connectivity index (χ1n) is 5.52. The average Bonchev–Trinajstić information content (AvgIpc) is 2.24. The Labute approximate surface area is 89.2 Å². The van der Waals surface area contributed by atoms with E-state index in [9.17, 15) is 9.90 Å². The molecule has 2 aliphatic rings. The lowest BCUT2D eigenvalue weighted by atomic mass is 9.80. The Morgan fingerprint density at radius 2 is 2.40 bits per heavy atom. The topological polar surface area (TPSA) is 70.6 Å². The van der Waals surface area contributed by atoms with Gasteiger partial charge in [-0.2, -0.15) is 0 Å². The molecular formula is C10H18N2O3. The molecule has 0 bridgehead atoms. The van der Waals surface area contributed by atoms with E-state index in [1.54, 1.807) is 0 Å². The third-order valence-electron chi connectivity index (χ3n) is 3.10. The fraction of sp³-hybridized carbons (Fsp3) is 0.900. The molecule has 0 spiro atoms. The number of aliphatic hydroxyl groups is 1. The van der Waals surface area contributed by atoms with E-state index in [1.807, 2.05) is 0 Å². The second-order valence-corrected chi connectivity index (χ2v) is 4.36. The summed E-state index contributed by atoms with van der Waals surface area (Å²) < 4.78 is 5.30. The van der Waals surface area contributed by atoms with Crippen LogP contribution in [0.15, 0.2) is 0 Å². The first-order chi connectivity index (χ1) is 7.20. The van der Waals surface area contributed by atoms with E-state index in [1.165, 1.54) is 0 Å². The van der Waals surface area contributed by atoms with E-state index >= 15 is 0 Å². The molecule has 0 radical (unpaired) electrons. The highest BCUT2D eigenvalue weighted by atomic mass is 16.5. The SMILES string of the molecule is O=C(NCC1(O)CCC1)C1CNCCO1. The Kier molecular flexibility index (Phi) is 3.23. The third-order valence-corrected chi connectivity index (χ3v) is 3.10. The lowest BCUT2D eigenvalue weighted by molar-refractivity contribution is -0.136. The molecule has 2 rings (SSSR count). The number of ether oxygens (including phenoxy) is 1. The van der Waals surface area contributed by atoms with Crippen molar-refractivity contribution in [2.75, 3.05) is 26.2 Å². The van der Waals surface area contributed by atoms with Crippen molar-refractivity contribution in [3.05, 3.63) is 0 Å². The fourth-order valence-corrected chi connectivity index (χ4v) is 1.86. The first kappa shape index (κ1) is 10.9. The number of amides is 1. The minimum atomic E-state index is -0.655. The Morgan fingerprint density at radius 1 is 1.60 bits per heavy atom. The van der Waals surface area contributed by atoms with Crippen molar-refractivity contribution in [3.63, 3.8) is 0 Å². The normalized spacial score (nSPS) is 29.3. The molecule has 15 heavy (non-hydrogen) atoms. The van der Waals surface area contributed by atoms with Gasteiger partial charge in [-0.25, -0.2) is 0 Å². The second-order valence-electron chi connectivity index (χ2n) is 4.36. The van der Waals surface area contributed by atoms with Crippen LogP contribution in [-0.4, -0.2) is 49.0 Å². The molecular weight excluding hydrogens is 196 g/mol. The molecule has 1 saturated carbocycles. The summed E-state index contributed by atoms with van der Waals surface area (Å²) in [5.74, 6) is -0.123. The van der Waals surface area contributed by atoms with Gasteiger partial charge in [0, 0.05) is 19.6 Å². The Balaban J connectivity index is 1.71. The Bertz CT molecular complexity index is 235. The zero-order valence-electron chi connectivity index (χ0n) is 8.79. The number of nitrogens with one attached hydrogen (secondary N) is 2. The monoisotopic (exact) mass is 214 g/mol. The van der Waals surface area contributed by atoms with Gasteiger partial charge in [0.05, 0.1) is 12.2 Å². The molecule has 0 aromatic carbocycles. The molecule has 0 aromatic rings. The number of hydrogen-bond acceptors (Lipinski definition) is 4. The van der Waals surface area contributed by atoms with Crippen LogP contribution in [-0.2, 0) is 9.53 Å². The molecule has 1 heterocycles. The van der Waals surface area contributed by atoms with E-state index in [4.69, 9.17) is 4.74 Å². The maximum absolute atomic E-state index is 11.6. The summed E-state index contributed by atoms with van der Waals surface area (Å²) in [6.45, 7) is 2.28. The summed E-state index contributed by atoms with van der Waals surface area (Å²) in [5, 5.41) is 15.6.